The number of amides is 1. The Hall–Kier alpha value is -3.65. The molecule has 2 aromatic carbocycles. The number of ether oxygens (including phenoxy) is 1. The highest BCUT2D eigenvalue weighted by atomic mass is 35.5. The van der Waals surface area contributed by atoms with Gasteiger partial charge in [-0.3, -0.25) is 24.3 Å². The van der Waals surface area contributed by atoms with Gasteiger partial charge in [-0.05, 0) is 30.3 Å². The minimum atomic E-state index is -0.642. The summed E-state index contributed by atoms with van der Waals surface area (Å²) >= 11 is 6.01. The van der Waals surface area contributed by atoms with Gasteiger partial charge in [0, 0.05) is 17.2 Å². The number of pyridine rings is 1. The Balaban J connectivity index is 1.81. The molecule has 28 heavy (non-hydrogen) atoms. The molecular weight excluding hydrogens is 386 g/mol. The van der Waals surface area contributed by atoms with Crippen LogP contribution < -0.4 is 15.6 Å². The first-order valence-electron chi connectivity index (χ1n) is 8.09. The molecule has 0 unspecified atom stereocenters. The van der Waals surface area contributed by atoms with Crippen LogP contribution in [-0.4, -0.2) is 15.4 Å². The van der Waals surface area contributed by atoms with Crippen LogP contribution in [0.5, 0.6) is 11.5 Å². The van der Waals surface area contributed by atoms with E-state index in [2.05, 4.69) is 5.32 Å². The number of carbonyl (C=O) groups excluding carboxylic acids is 1. The summed E-state index contributed by atoms with van der Waals surface area (Å²) in [6.07, 6.45) is 1.02. The zero-order valence-electron chi connectivity index (χ0n) is 14.4. The summed E-state index contributed by atoms with van der Waals surface area (Å²) in [7, 11) is 0. The van der Waals surface area contributed by atoms with E-state index in [0.29, 0.717) is 22.2 Å². The van der Waals surface area contributed by atoms with Crippen LogP contribution in [0.2, 0.25) is 5.02 Å². The summed E-state index contributed by atoms with van der Waals surface area (Å²) in [6.45, 7) is -0.405. The van der Waals surface area contributed by atoms with Crippen LogP contribution in [0.1, 0.15) is 0 Å². The molecule has 0 aliphatic carbocycles. The number of hydrogen-bond donors (Lipinski definition) is 1. The van der Waals surface area contributed by atoms with Crippen molar-refractivity contribution in [2.45, 2.75) is 6.54 Å². The van der Waals surface area contributed by atoms with Crippen molar-refractivity contribution in [1.82, 2.24) is 4.57 Å². The first-order valence-corrected chi connectivity index (χ1v) is 8.47. The molecule has 3 aromatic rings. The van der Waals surface area contributed by atoms with Crippen LogP contribution in [-0.2, 0) is 11.3 Å². The fourth-order valence-electron chi connectivity index (χ4n) is 2.40. The average Bonchev–Trinajstić information content (AvgIpc) is 2.66. The number of nitrogens with one attached hydrogen (secondary N) is 1. The minimum absolute atomic E-state index is 0.289. The first-order chi connectivity index (χ1) is 13.4. The third-order valence-corrected chi connectivity index (χ3v) is 3.91. The molecule has 0 aliphatic heterocycles. The van der Waals surface area contributed by atoms with Crippen LogP contribution in [0, 0.1) is 10.1 Å². The van der Waals surface area contributed by atoms with E-state index in [1.165, 1.54) is 6.07 Å². The Labute approximate surface area is 164 Å². The van der Waals surface area contributed by atoms with E-state index in [0.717, 1.165) is 22.9 Å². The van der Waals surface area contributed by atoms with Gasteiger partial charge in [-0.1, -0.05) is 29.8 Å². The quantitative estimate of drug-likeness (QED) is 0.501. The van der Waals surface area contributed by atoms with Crippen LogP contribution in [0.25, 0.3) is 0 Å². The Kier molecular flexibility index (Phi) is 5.71. The summed E-state index contributed by atoms with van der Waals surface area (Å²) in [5.41, 5.74) is -0.518. The monoisotopic (exact) mass is 399 g/mol. The molecule has 0 bridgehead atoms. The first kappa shape index (κ1) is 19.1. The lowest BCUT2D eigenvalue weighted by molar-refractivity contribution is -0.385. The number of anilines is 1. The van der Waals surface area contributed by atoms with Gasteiger partial charge in [0.2, 0.25) is 5.91 Å². The number of nitrogens with zero attached hydrogens (tertiary/aromatic N) is 2. The van der Waals surface area contributed by atoms with Crippen molar-refractivity contribution in [3.05, 3.63) is 92.4 Å². The number of rotatable bonds is 6. The molecule has 1 amide bonds. The molecule has 0 saturated carbocycles. The molecule has 1 heterocycles. The maximum Gasteiger partial charge on any atom is 0.285 e. The van der Waals surface area contributed by atoms with Crippen LogP contribution in [0.4, 0.5) is 11.4 Å². The number of nitro groups is 1. The van der Waals surface area contributed by atoms with Crippen molar-refractivity contribution in [2.24, 2.45) is 0 Å². The minimum Gasteiger partial charge on any atom is -0.455 e. The zero-order chi connectivity index (χ0) is 20.1. The maximum atomic E-state index is 12.4. The molecule has 0 fully saturated rings. The fourth-order valence-corrected chi connectivity index (χ4v) is 2.57. The van der Waals surface area contributed by atoms with Gasteiger partial charge in [-0.25, -0.2) is 0 Å². The molecule has 142 valence electrons. The molecule has 0 saturated heterocycles. The lowest BCUT2D eigenvalue weighted by Gasteiger charge is -2.13. The highest BCUT2D eigenvalue weighted by Gasteiger charge is 2.13. The number of carbonyl (C=O) groups is 1. The number of halogens is 1. The van der Waals surface area contributed by atoms with Gasteiger partial charge in [-0.2, -0.15) is 0 Å². The van der Waals surface area contributed by atoms with Crippen LogP contribution in [0.3, 0.4) is 0 Å². The summed E-state index contributed by atoms with van der Waals surface area (Å²) in [5, 5.41) is 13.9. The number of aromatic nitrogens is 1. The molecule has 1 aromatic heterocycles. The second kappa shape index (κ2) is 8.36. The molecule has 0 atom stereocenters. The molecule has 0 radical (unpaired) electrons. The normalized spacial score (nSPS) is 10.3. The summed E-state index contributed by atoms with van der Waals surface area (Å²) in [4.78, 5) is 34.5. The van der Waals surface area contributed by atoms with E-state index in [9.17, 15) is 19.7 Å². The van der Waals surface area contributed by atoms with Crippen molar-refractivity contribution >= 4 is 28.9 Å². The van der Waals surface area contributed by atoms with E-state index in [1.807, 2.05) is 6.07 Å². The number of para-hydroxylation sites is 1. The second-order valence-electron chi connectivity index (χ2n) is 5.71. The highest BCUT2D eigenvalue weighted by Crippen LogP contribution is 2.32. The van der Waals surface area contributed by atoms with Crippen LogP contribution >= 0.6 is 11.6 Å². The predicted octanol–water partition coefficient (Wildman–Crippen LogP) is 3.84. The van der Waals surface area contributed by atoms with Gasteiger partial charge < -0.3 is 10.1 Å². The van der Waals surface area contributed by atoms with Gasteiger partial charge in [-0.15, -0.1) is 0 Å². The zero-order valence-corrected chi connectivity index (χ0v) is 15.1. The van der Waals surface area contributed by atoms with Crippen molar-refractivity contribution in [3.63, 3.8) is 0 Å². The van der Waals surface area contributed by atoms with Gasteiger partial charge in [0.1, 0.15) is 12.3 Å². The average molecular weight is 400 g/mol. The molecule has 1 N–H and O–H groups in total. The molecule has 0 spiro atoms. The fraction of sp³-hybridized carbons (Fsp3) is 0.0526. The van der Waals surface area contributed by atoms with Crippen molar-refractivity contribution in [2.75, 3.05) is 5.32 Å². The van der Waals surface area contributed by atoms with Gasteiger partial charge in [0.15, 0.2) is 5.75 Å². The van der Waals surface area contributed by atoms with Crippen molar-refractivity contribution < 1.29 is 14.5 Å². The van der Waals surface area contributed by atoms with E-state index in [4.69, 9.17) is 16.3 Å². The van der Waals surface area contributed by atoms with Gasteiger partial charge in [0.25, 0.3) is 11.2 Å². The SMILES string of the molecule is O=C(Cn1cc([N+](=O)[O-])ccc1=O)Nc1cc(Cl)ccc1Oc1ccccc1. The Morgan fingerprint density at radius 1 is 1.14 bits per heavy atom. The maximum absolute atomic E-state index is 12.4. The lowest BCUT2D eigenvalue weighted by Crippen LogP contribution is -2.27. The number of benzene rings is 2. The third-order valence-electron chi connectivity index (χ3n) is 3.68. The standard InChI is InChI=1S/C19H14ClN3O5/c20-13-6-8-17(28-15-4-2-1-3-5-15)16(10-13)21-18(24)12-22-11-14(23(26)27)7-9-19(22)25/h1-11H,12H2,(H,21,24). The van der Waals surface area contributed by atoms with Crippen LogP contribution in [0.15, 0.2) is 71.7 Å². The lowest BCUT2D eigenvalue weighted by atomic mass is 10.2. The summed E-state index contributed by atoms with van der Waals surface area (Å²) < 4.78 is 6.71. The Morgan fingerprint density at radius 2 is 1.89 bits per heavy atom. The third kappa shape index (κ3) is 4.74. The van der Waals surface area contributed by atoms with Gasteiger partial charge in [0.05, 0.1) is 16.8 Å². The molecule has 8 nitrogen and oxygen atoms in total. The Morgan fingerprint density at radius 3 is 2.61 bits per heavy atom. The van der Waals surface area contributed by atoms with E-state index < -0.39 is 22.9 Å². The Bertz CT molecular complexity index is 1080. The highest BCUT2D eigenvalue weighted by molar-refractivity contribution is 6.31. The molecular formula is C19H14ClN3O5. The molecule has 0 aliphatic rings. The largest absolute Gasteiger partial charge is 0.455 e. The smallest absolute Gasteiger partial charge is 0.285 e. The summed E-state index contributed by atoms with van der Waals surface area (Å²) in [6, 6.07) is 15.8. The van der Waals surface area contributed by atoms with E-state index in [1.54, 1.807) is 36.4 Å². The van der Waals surface area contributed by atoms with E-state index >= 15 is 0 Å². The summed E-state index contributed by atoms with van der Waals surface area (Å²) in [5.74, 6) is 0.355. The van der Waals surface area contributed by atoms with Crippen molar-refractivity contribution in [3.8, 4) is 11.5 Å². The van der Waals surface area contributed by atoms with Crippen molar-refractivity contribution in [1.29, 1.82) is 0 Å². The topological polar surface area (TPSA) is 103 Å². The van der Waals surface area contributed by atoms with E-state index in [-0.39, 0.29) is 5.69 Å². The predicted molar refractivity (Wildman–Crippen MR) is 104 cm³/mol. The van der Waals surface area contributed by atoms with Gasteiger partial charge >= 0.3 is 0 Å². The number of hydrogen-bond acceptors (Lipinski definition) is 5. The second-order valence-corrected chi connectivity index (χ2v) is 6.15. The molecule has 3 rings (SSSR count). The molecule has 9 heteroatoms.